The standard InChI is InChI=1S/C18H22N4O5S2/c1-6-8-22-11(7-2)20-21-18(22)28-9-12(23)19-15-13(16(24)26-4)10(3)14(29-15)17(25)27-5/h6H,1,7-9H2,2-5H3,(H,19,23). The second kappa shape index (κ2) is 10.2. The first-order valence-corrected chi connectivity index (χ1v) is 10.4. The molecule has 0 unspecified atom stereocenters. The Hall–Kier alpha value is -2.66. The minimum absolute atomic E-state index is 0.0457. The summed E-state index contributed by atoms with van der Waals surface area (Å²) in [6, 6.07) is 0. The zero-order valence-corrected chi connectivity index (χ0v) is 18.2. The number of carbonyl (C=O) groups is 3. The summed E-state index contributed by atoms with van der Waals surface area (Å²) in [5.41, 5.74) is 0.536. The van der Waals surface area contributed by atoms with Gasteiger partial charge in [0.25, 0.3) is 0 Å². The van der Waals surface area contributed by atoms with Crippen LogP contribution >= 0.6 is 23.1 Å². The normalized spacial score (nSPS) is 10.5. The maximum Gasteiger partial charge on any atom is 0.348 e. The summed E-state index contributed by atoms with van der Waals surface area (Å²) in [4.78, 5) is 36.8. The molecule has 0 spiro atoms. The van der Waals surface area contributed by atoms with Gasteiger partial charge < -0.3 is 19.4 Å². The molecule has 0 aromatic carbocycles. The topological polar surface area (TPSA) is 112 Å². The lowest BCUT2D eigenvalue weighted by atomic mass is 10.1. The van der Waals surface area contributed by atoms with E-state index in [-0.39, 0.29) is 27.1 Å². The van der Waals surface area contributed by atoms with E-state index in [1.54, 1.807) is 13.0 Å². The number of esters is 2. The Morgan fingerprint density at radius 1 is 1.24 bits per heavy atom. The summed E-state index contributed by atoms with van der Waals surface area (Å²) < 4.78 is 11.4. The van der Waals surface area contributed by atoms with Gasteiger partial charge in [0.05, 0.1) is 25.5 Å². The van der Waals surface area contributed by atoms with Crippen molar-refractivity contribution in [3.05, 3.63) is 34.5 Å². The van der Waals surface area contributed by atoms with E-state index < -0.39 is 11.9 Å². The zero-order valence-electron chi connectivity index (χ0n) is 16.6. The number of anilines is 1. The summed E-state index contributed by atoms with van der Waals surface area (Å²) in [5.74, 6) is -0.738. The van der Waals surface area contributed by atoms with Crippen molar-refractivity contribution in [1.82, 2.24) is 14.8 Å². The quantitative estimate of drug-likeness (QED) is 0.361. The lowest BCUT2D eigenvalue weighted by Crippen LogP contribution is -2.16. The number of nitrogens with zero attached hydrogens (tertiary/aromatic N) is 3. The number of carbonyl (C=O) groups excluding carboxylic acids is 3. The molecule has 2 rings (SSSR count). The van der Waals surface area contributed by atoms with Crippen LogP contribution in [0.3, 0.4) is 0 Å². The van der Waals surface area contributed by atoms with Crippen molar-refractivity contribution in [2.75, 3.05) is 25.3 Å². The molecule has 0 aliphatic rings. The fourth-order valence-electron chi connectivity index (χ4n) is 2.53. The maximum atomic E-state index is 12.5. The van der Waals surface area contributed by atoms with E-state index in [1.165, 1.54) is 26.0 Å². The van der Waals surface area contributed by atoms with Crippen LogP contribution in [-0.4, -0.2) is 52.6 Å². The molecule has 9 nitrogen and oxygen atoms in total. The van der Waals surface area contributed by atoms with Crippen LogP contribution in [0.4, 0.5) is 5.00 Å². The third-order valence-electron chi connectivity index (χ3n) is 3.91. The third-order valence-corrected chi connectivity index (χ3v) is 6.07. The van der Waals surface area contributed by atoms with Crippen molar-refractivity contribution >= 4 is 45.9 Å². The van der Waals surface area contributed by atoms with E-state index in [9.17, 15) is 14.4 Å². The van der Waals surface area contributed by atoms with Crippen molar-refractivity contribution in [3.63, 3.8) is 0 Å². The molecule has 0 atom stereocenters. The Labute approximate surface area is 176 Å². The van der Waals surface area contributed by atoms with Gasteiger partial charge in [0.1, 0.15) is 15.7 Å². The van der Waals surface area contributed by atoms with E-state index in [1.807, 2.05) is 11.5 Å². The lowest BCUT2D eigenvalue weighted by Gasteiger charge is -2.07. The Bertz CT molecular complexity index is 935. The van der Waals surface area contributed by atoms with Crippen LogP contribution in [0.15, 0.2) is 17.8 Å². The highest BCUT2D eigenvalue weighted by Gasteiger charge is 2.26. The molecule has 0 fully saturated rings. The number of hydrogen-bond donors (Lipinski definition) is 1. The number of hydrogen-bond acceptors (Lipinski definition) is 9. The molecule has 11 heteroatoms. The highest BCUT2D eigenvalue weighted by molar-refractivity contribution is 7.99. The molecule has 0 saturated carbocycles. The van der Waals surface area contributed by atoms with Crippen molar-refractivity contribution in [1.29, 1.82) is 0 Å². The van der Waals surface area contributed by atoms with E-state index >= 15 is 0 Å². The average molecular weight is 439 g/mol. The van der Waals surface area contributed by atoms with Gasteiger partial charge in [-0.05, 0) is 12.5 Å². The predicted molar refractivity (Wildman–Crippen MR) is 111 cm³/mol. The van der Waals surface area contributed by atoms with Gasteiger partial charge >= 0.3 is 11.9 Å². The molecule has 1 amide bonds. The van der Waals surface area contributed by atoms with Crippen molar-refractivity contribution in [2.45, 2.75) is 32.0 Å². The number of rotatable bonds is 9. The summed E-state index contributed by atoms with van der Waals surface area (Å²) in [6.07, 6.45) is 2.44. The second-order valence-corrected chi connectivity index (χ2v) is 7.70. The maximum absolute atomic E-state index is 12.5. The van der Waals surface area contributed by atoms with Gasteiger partial charge in [-0.25, -0.2) is 9.59 Å². The van der Waals surface area contributed by atoms with Gasteiger partial charge in [-0.1, -0.05) is 24.8 Å². The number of nitrogens with one attached hydrogen (secondary N) is 1. The number of allylic oxidation sites excluding steroid dienone is 1. The molecule has 0 saturated heterocycles. The first-order chi connectivity index (χ1) is 13.9. The van der Waals surface area contributed by atoms with Crippen molar-refractivity contribution in [2.24, 2.45) is 0 Å². The fraction of sp³-hybridized carbons (Fsp3) is 0.389. The molecule has 29 heavy (non-hydrogen) atoms. The smallest absolute Gasteiger partial charge is 0.348 e. The second-order valence-electron chi connectivity index (χ2n) is 5.73. The summed E-state index contributed by atoms with van der Waals surface area (Å²) in [6.45, 7) is 7.83. The number of thioether (sulfide) groups is 1. The highest BCUT2D eigenvalue weighted by Crippen LogP contribution is 2.34. The Balaban J connectivity index is 2.19. The van der Waals surface area contributed by atoms with Crippen LogP contribution in [0, 0.1) is 6.92 Å². The largest absolute Gasteiger partial charge is 0.465 e. The van der Waals surface area contributed by atoms with E-state index in [2.05, 4.69) is 22.1 Å². The van der Waals surface area contributed by atoms with E-state index in [0.717, 1.165) is 17.2 Å². The van der Waals surface area contributed by atoms with Crippen molar-refractivity contribution in [3.8, 4) is 0 Å². The lowest BCUT2D eigenvalue weighted by molar-refractivity contribution is -0.113. The van der Waals surface area contributed by atoms with Crippen LogP contribution < -0.4 is 5.32 Å². The minimum Gasteiger partial charge on any atom is -0.465 e. The first-order valence-electron chi connectivity index (χ1n) is 8.63. The fourth-order valence-corrected chi connectivity index (χ4v) is 4.43. The molecule has 0 aliphatic carbocycles. The number of aryl methyl sites for hydroxylation is 1. The molecule has 2 heterocycles. The molecule has 0 radical (unpaired) electrons. The van der Waals surface area contributed by atoms with Gasteiger partial charge in [0.15, 0.2) is 5.16 Å². The zero-order chi connectivity index (χ0) is 21.6. The first kappa shape index (κ1) is 22.6. The molecule has 156 valence electrons. The van der Waals surface area contributed by atoms with Crippen molar-refractivity contribution < 1.29 is 23.9 Å². The van der Waals surface area contributed by atoms with Gasteiger partial charge in [-0.15, -0.1) is 28.1 Å². The van der Waals surface area contributed by atoms with Gasteiger partial charge in [-0.2, -0.15) is 0 Å². The summed E-state index contributed by atoms with van der Waals surface area (Å²) in [7, 11) is 2.48. The number of ether oxygens (including phenoxy) is 2. The van der Waals surface area contributed by atoms with Crippen LogP contribution in [0.25, 0.3) is 0 Å². The van der Waals surface area contributed by atoms with Crippen LogP contribution in [0.5, 0.6) is 0 Å². The van der Waals surface area contributed by atoms with Crippen LogP contribution in [-0.2, 0) is 27.2 Å². The van der Waals surface area contributed by atoms with Gasteiger partial charge in [0.2, 0.25) is 5.91 Å². The van der Waals surface area contributed by atoms with Gasteiger partial charge in [0, 0.05) is 13.0 Å². The number of thiophene rings is 1. The molecule has 2 aromatic rings. The van der Waals surface area contributed by atoms with Crippen LogP contribution in [0.1, 0.15) is 38.3 Å². The predicted octanol–water partition coefficient (Wildman–Crippen LogP) is 2.70. The third kappa shape index (κ3) is 5.04. The number of amides is 1. The van der Waals surface area contributed by atoms with Gasteiger partial charge in [-0.3, -0.25) is 4.79 Å². The summed E-state index contributed by atoms with van der Waals surface area (Å²) in [5, 5.41) is 11.7. The SMILES string of the molecule is C=CCn1c(CC)nnc1SCC(=O)Nc1sc(C(=O)OC)c(C)c1C(=O)OC. The Morgan fingerprint density at radius 3 is 2.52 bits per heavy atom. The van der Waals surface area contributed by atoms with E-state index in [4.69, 9.17) is 9.47 Å². The minimum atomic E-state index is -0.643. The highest BCUT2D eigenvalue weighted by atomic mass is 32.2. The molecular weight excluding hydrogens is 416 g/mol. The molecule has 1 N–H and O–H groups in total. The Kier molecular flexibility index (Phi) is 7.97. The monoisotopic (exact) mass is 438 g/mol. The molecular formula is C18H22N4O5S2. The van der Waals surface area contributed by atoms with Crippen LogP contribution in [0.2, 0.25) is 0 Å². The average Bonchev–Trinajstić information content (AvgIpc) is 3.25. The molecule has 2 aromatic heterocycles. The Morgan fingerprint density at radius 2 is 1.93 bits per heavy atom. The molecule has 0 bridgehead atoms. The number of aromatic nitrogens is 3. The summed E-state index contributed by atoms with van der Waals surface area (Å²) >= 11 is 2.19. The van der Waals surface area contributed by atoms with E-state index in [0.29, 0.717) is 23.7 Å². The number of methoxy groups -OCH3 is 2. The molecule has 0 aliphatic heterocycles.